The summed E-state index contributed by atoms with van der Waals surface area (Å²) in [5.41, 5.74) is 7.72. The summed E-state index contributed by atoms with van der Waals surface area (Å²) >= 11 is 2.46. The van der Waals surface area contributed by atoms with Gasteiger partial charge in [0.2, 0.25) is 0 Å². The molecule has 1 aromatic carbocycles. The van der Waals surface area contributed by atoms with Gasteiger partial charge < -0.3 is 5.73 Å². The highest BCUT2D eigenvalue weighted by atomic mass is 127. The lowest BCUT2D eigenvalue weighted by Gasteiger charge is -2.10. The van der Waals surface area contributed by atoms with Gasteiger partial charge in [-0.25, -0.2) is 0 Å². The summed E-state index contributed by atoms with van der Waals surface area (Å²) in [6.07, 6.45) is 10.7. The van der Waals surface area contributed by atoms with Crippen molar-refractivity contribution in [3.63, 3.8) is 0 Å². The van der Waals surface area contributed by atoms with E-state index in [-0.39, 0.29) is 0 Å². The second-order valence-corrected chi connectivity index (χ2v) is 5.51. The Labute approximate surface area is 124 Å². The fourth-order valence-corrected chi connectivity index (χ4v) is 2.04. The highest BCUT2D eigenvalue weighted by molar-refractivity contribution is 14.1. The van der Waals surface area contributed by atoms with Gasteiger partial charge in [-0.3, -0.25) is 0 Å². The number of nitrogen functional groups attached to an aromatic ring is 1. The van der Waals surface area contributed by atoms with Crippen molar-refractivity contribution in [2.24, 2.45) is 5.92 Å². The van der Waals surface area contributed by atoms with Crippen molar-refractivity contribution in [1.29, 1.82) is 0 Å². The molecule has 0 aliphatic heterocycles. The van der Waals surface area contributed by atoms with Gasteiger partial charge in [-0.2, -0.15) is 0 Å². The van der Waals surface area contributed by atoms with Crippen LogP contribution in [0.4, 0.5) is 5.69 Å². The molecule has 0 aromatic heterocycles. The summed E-state index contributed by atoms with van der Waals surface area (Å²) < 4.78 is 1.27. The second kappa shape index (κ2) is 9.20. The van der Waals surface area contributed by atoms with Crippen LogP contribution in [0.25, 0.3) is 0 Å². The van der Waals surface area contributed by atoms with Crippen molar-refractivity contribution in [2.45, 2.75) is 26.2 Å². The van der Waals surface area contributed by atoms with Crippen LogP contribution in [0, 0.1) is 5.92 Å². The Balaban J connectivity index is 0.000000199. The topological polar surface area (TPSA) is 26.0 Å². The van der Waals surface area contributed by atoms with Crippen LogP contribution in [0.5, 0.6) is 0 Å². The molecule has 1 atom stereocenters. The quantitative estimate of drug-likeness (QED) is 0.461. The molecule has 18 heavy (non-hydrogen) atoms. The van der Waals surface area contributed by atoms with Crippen molar-refractivity contribution in [2.75, 3.05) is 10.2 Å². The Bertz CT molecular complexity index is 381. The van der Waals surface area contributed by atoms with E-state index in [1.54, 1.807) is 5.57 Å². The molecule has 0 heterocycles. The van der Waals surface area contributed by atoms with Gasteiger partial charge in [0.25, 0.3) is 0 Å². The maximum absolute atomic E-state index is 5.36. The van der Waals surface area contributed by atoms with Crippen molar-refractivity contribution in [3.8, 4) is 0 Å². The van der Waals surface area contributed by atoms with E-state index in [1.807, 2.05) is 30.3 Å². The first-order valence-electron chi connectivity index (χ1n) is 6.44. The van der Waals surface area contributed by atoms with Gasteiger partial charge in [0.1, 0.15) is 0 Å². The van der Waals surface area contributed by atoms with Crippen molar-refractivity contribution in [1.82, 2.24) is 0 Å². The Morgan fingerprint density at radius 2 is 1.94 bits per heavy atom. The molecule has 2 rings (SSSR count). The number of allylic oxidation sites excluding steroid dienone is 4. The molecular weight excluding hydrogens is 333 g/mol. The predicted molar refractivity (Wildman–Crippen MR) is 90.0 cm³/mol. The third-order valence-electron chi connectivity index (χ3n) is 2.72. The molecule has 1 aliphatic carbocycles. The molecule has 1 unspecified atom stereocenters. The van der Waals surface area contributed by atoms with Crippen LogP contribution >= 0.6 is 22.6 Å². The Hall–Kier alpha value is -0.770. The Morgan fingerprint density at radius 1 is 1.22 bits per heavy atom. The van der Waals surface area contributed by atoms with Crippen molar-refractivity contribution < 1.29 is 0 Å². The standard InChI is InChI=1S/C10H15I.C6H7N/c1-9(8-11)7-10-5-3-2-4-6-10;7-6-4-2-1-3-5-6/h3,5-6,9H,2,4,7-8H2,1H3;1-5H,7H2. The maximum Gasteiger partial charge on any atom is 0.0313 e. The lowest BCUT2D eigenvalue weighted by atomic mass is 9.98. The minimum absolute atomic E-state index is 0.822. The number of halogens is 1. The van der Waals surface area contributed by atoms with Crippen LogP contribution < -0.4 is 5.73 Å². The summed E-state index contributed by atoms with van der Waals surface area (Å²) in [4.78, 5) is 0. The molecule has 1 aromatic rings. The number of nitrogens with two attached hydrogens (primary N) is 1. The van der Waals surface area contributed by atoms with Gasteiger partial charge in [0.15, 0.2) is 0 Å². The van der Waals surface area contributed by atoms with E-state index in [2.05, 4.69) is 47.7 Å². The third kappa shape index (κ3) is 6.84. The normalized spacial score (nSPS) is 15.3. The Kier molecular flexibility index (Phi) is 7.81. The third-order valence-corrected chi connectivity index (χ3v) is 4.22. The van der Waals surface area contributed by atoms with Gasteiger partial charge in [-0.15, -0.1) is 0 Å². The van der Waals surface area contributed by atoms with E-state index in [4.69, 9.17) is 5.73 Å². The number of benzene rings is 1. The molecule has 0 amide bonds. The molecule has 0 radical (unpaired) electrons. The first kappa shape index (κ1) is 15.3. The molecule has 0 spiro atoms. The minimum Gasteiger partial charge on any atom is -0.399 e. The highest BCUT2D eigenvalue weighted by Gasteiger charge is 2.03. The lowest BCUT2D eigenvalue weighted by molar-refractivity contribution is 0.667. The molecular formula is C16H22IN. The van der Waals surface area contributed by atoms with Gasteiger partial charge in [-0.1, -0.05) is 71.5 Å². The Morgan fingerprint density at radius 3 is 2.39 bits per heavy atom. The van der Waals surface area contributed by atoms with Crippen molar-refractivity contribution in [3.05, 3.63) is 54.1 Å². The highest BCUT2D eigenvalue weighted by Crippen LogP contribution is 2.19. The second-order valence-electron chi connectivity index (χ2n) is 4.63. The molecule has 1 nitrogen and oxygen atoms in total. The maximum atomic E-state index is 5.36. The summed E-state index contributed by atoms with van der Waals surface area (Å²) in [5, 5.41) is 0. The van der Waals surface area contributed by atoms with Crippen molar-refractivity contribution >= 4 is 28.3 Å². The van der Waals surface area contributed by atoms with Gasteiger partial charge in [-0.05, 0) is 37.3 Å². The minimum atomic E-state index is 0.822. The van der Waals surface area contributed by atoms with Crippen LogP contribution in [-0.4, -0.2) is 4.43 Å². The number of hydrogen-bond donors (Lipinski definition) is 1. The number of anilines is 1. The fraction of sp³-hybridized carbons (Fsp3) is 0.375. The molecule has 2 N–H and O–H groups in total. The van der Waals surface area contributed by atoms with E-state index in [0.717, 1.165) is 11.6 Å². The van der Waals surface area contributed by atoms with E-state index in [9.17, 15) is 0 Å². The van der Waals surface area contributed by atoms with Gasteiger partial charge in [0.05, 0.1) is 0 Å². The number of rotatable bonds is 3. The van der Waals surface area contributed by atoms with E-state index in [0.29, 0.717) is 0 Å². The largest absolute Gasteiger partial charge is 0.399 e. The average molecular weight is 355 g/mol. The van der Waals surface area contributed by atoms with Gasteiger partial charge in [0, 0.05) is 10.1 Å². The van der Waals surface area contributed by atoms with Crippen LogP contribution in [0.3, 0.4) is 0 Å². The fourth-order valence-electron chi connectivity index (χ4n) is 1.73. The first-order valence-corrected chi connectivity index (χ1v) is 7.97. The molecule has 98 valence electrons. The predicted octanol–water partition coefficient (Wildman–Crippen LogP) is 4.99. The molecule has 0 bridgehead atoms. The number of alkyl halides is 1. The smallest absolute Gasteiger partial charge is 0.0313 e. The molecule has 1 aliphatic rings. The van der Waals surface area contributed by atoms with Crippen LogP contribution in [0.2, 0.25) is 0 Å². The van der Waals surface area contributed by atoms with E-state index >= 15 is 0 Å². The monoisotopic (exact) mass is 355 g/mol. The molecule has 2 heteroatoms. The summed E-state index contributed by atoms with van der Waals surface area (Å²) in [6.45, 7) is 2.32. The number of para-hydroxylation sites is 1. The average Bonchev–Trinajstić information content (AvgIpc) is 2.41. The zero-order valence-electron chi connectivity index (χ0n) is 11.0. The van der Waals surface area contributed by atoms with Crippen LogP contribution in [0.1, 0.15) is 26.2 Å². The molecule has 0 saturated carbocycles. The lowest BCUT2D eigenvalue weighted by Crippen LogP contribution is -1.97. The summed E-state index contributed by atoms with van der Waals surface area (Å²) in [6, 6.07) is 9.49. The zero-order valence-corrected chi connectivity index (χ0v) is 13.1. The molecule has 0 fully saturated rings. The summed E-state index contributed by atoms with van der Waals surface area (Å²) in [7, 11) is 0. The van der Waals surface area contributed by atoms with Gasteiger partial charge >= 0.3 is 0 Å². The molecule has 0 saturated heterocycles. The van der Waals surface area contributed by atoms with E-state index < -0.39 is 0 Å². The zero-order chi connectivity index (χ0) is 13.2. The summed E-state index contributed by atoms with van der Waals surface area (Å²) in [5.74, 6) is 0.838. The number of hydrogen-bond acceptors (Lipinski definition) is 1. The van der Waals surface area contributed by atoms with Crippen LogP contribution in [0.15, 0.2) is 54.1 Å². The first-order chi connectivity index (χ1) is 8.72. The van der Waals surface area contributed by atoms with E-state index in [1.165, 1.54) is 23.7 Å². The SMILES string of the molecule is CC(CI)CC1=CCCC=C1.Nc1ccccc1. The van der Waals surface area contributed by atoms with Crippen LogP contribution in [-0.2, 0) is 0 Å².